The molecule has 0 heterocycles. The summed E-state index contributed by atoms with van der Waals surface area (Å²) in [6.45, 7) is 2.19. The van der Waals surface area contributed by atoms with Crippen molar-refractivity contribution in [2.24, 2.45) is 11.8 Å². The number of hydrogen-bond acceptors (Lipinski definition) is 2. The van der Waals surface area contributed by atoms with Gasteiger partial charge in [-0.2, -0.15) is 0 Å². The highest BCUT2D eigenvalue weighted by Crippen LogP contribution is 2.31. The van der Waals surface area contributed by atoms with Gasteiger partial charge in [0.05, 0.1) is 0 Å². The molecule has 0 saturated heterocycles. The monoisotopic (exact) mass is 246 g/mol. The van der Waals surface area contributed by atoms with E-state index in [9.17, 15) is 0 Å². The highest BCUT2D eigenvalue weighted by Gasteiger charge is 2.19. The Bertz CT molecular complexity index is 339. The molecule has 0 aromatic heterocycles. The van der Waals surface area contributed by atoms with Crippen LogP contribution in [0.15, 0.2) is 24.3 Å². The minimum atomic E-state index is 0.319. The molecular formula is C16H26N2. The molecule has 0 amide bonds. The van der Waals surface area contributed by atoms with E-state index >= 15 is 0 Å². The Morgan fingerprint density at radius 1 is 1.17 bits per heavy atom. The van der Waals surface area contributed by atoms with E-state index in [1.165, 1.54) is 49.7 Å². The van der Waals surface area contributed by atoms with Gasteiger partial charge >= 0.3 is 0 Å². The molecule has 1 atom stereocenters. The SMILES string of the molecule is CCc1ccc(C(CC2CCCCC2)NN)cc1. The molecule has 1 aromatic rings. The van der Waals surface area contributed by atoms with E-state index in [4.69, 9.17) is 5.84 Å². The lowest BCUT2D eigenvalue weighted by Crippen LogP contribution is -2.30. The Kier molecular flexibility index (Phi) is 5.21. The number of benzene rings is 1. The number of rotatable bonds is 5. The minimum Gasteiger partial charge on any atom is -0.271 e. The lowest BCUT2D eigenvalue weighted by molar-refractivity contribution is 0.301. The first-order chi connectivity index (χ1) is 8.83. The second-order valence-electron chi connectivity index (χ2n) is 5.55. The second-order valence-corrected chi connectivity index (χ2v) is 5.55. The molecule has 18 heavy (non-hydrogen) atoms. The Morgan fingerprint density at radius 2 is 1.83 bits per heavy atom. The predicted octanol–water partition coefficient (Wildman–Crippen LogP) is 3.72. The van der Waals surface area contributed by atoms with Crippen LogP contribution < -0.4 is 11.3 Å². The van der Waals surface area contributed by atoms with Crippen molar-refractivity contribution in [3.8, 4) is 0 Å². The van der Waals surface area contributed by atoms with Crippen LogP contribution in [-0.4, -0.2) is 0 Å². The van der Waals surface area contributed by atoms with Crippen LogP contribution in [-0.2, 0) is 6.42 Å². The Morgan fingerprint density at radius 3 is 2.39 bits per heavy atom. The van der Waals surface area contributed by atoms with Crippen LogP contribution in [0.1, 0.15) is 62.6 Å². The molecule has 2 heteroatoms. The van der Waals surface area contributed by atoms with Crippen molar-refractivity contribution in [1.82, 2.24) is 5.43 Å². The first kappa shape index (κ1) is 13.6. The Balaban J connectivity index is 1.97. The van der Waals surface area contributed by atoms with Crippen molar-refractivity contribution in [2.45, 2.75) is 57.9 Å². The van der Waals surface area contributed by atoms with Crippen molar-refractivity contribution >= 4 is 0 Å². The van der Waals surface area contributed by atoms with Crippen molar-refractivity contribution in [2.75, 3.05) is 0 Å². The molecule has 0 radical (unpaired) electrons. The lowest BCUT2D eigenvalue weighted by Gasteiger charge is -2.26. The van der Waals surface area contributed by atoms with E-state index in [1.807, 2.05) is 0 Å². The molecule has 1 fully saturated rings. The van der Waals surface area contributed by atoms with Crippen LogP contribution >= 0.6 is 0 Å². The zero-order valence-electron chi connectivity index (χ0n) is 11.5. The summed E-state index contributed by atoms with van der Waals surface area (Å²) < 4.78 is 0. The fourth-order valence-corrected chi connectivity index (χ4v) is 3.04. The maximum Gasteiger partial charge on any atom is 0.0462 e. The van der Waals surface area contributed by atoms with Crippen molar-refractivity contribution in [3.05, 3.63) is 35.4 Å². The summed E-state index contributed by atoms with van der Waals surface area (Å²) in [6.07, 6.45) is 9.26. The maximum atomic E-state index is 5.74. The molecule has 3 N–H and O–H groups in total. The highest BCUT2D eigenvalue weighted by molar-refractivity contribution is 5.25. The number of nitrogens with one attached hydrogen (secondary N) is 1. The van der Waals surface area contributed by atoms with Gasteiger partial charge in [-0.25, -0.2) is 0 Å². The van der Waals surface area contributed by atoms with E-state index < -0.39 is 0 Å². The summed E-state index contributed by atoms with van der Waals surface area (Å²) in [5.74, 6) is 6.59. The van der Waals surface area contributed by atoms with E-state index in [0.29, 0.717) is 6.04 Å². The second kappa shape index (κ2) is 6.91. The fraction of sp³-hybridized carbons (Fsp3) is 0.625. The molecule has 2 nitrogen and oxygen atoms in total. The smallest absolute Gasteiger partial charge is 0.0462 e. The molecular weight excluding hydrogens is 220 g/mol. The summed E-state index contributed by atoms with van der Waals surface area (Å²) in [5, 5.41) is 0. The van der Waals surface area contributed by atoms with Gasteiger partial charge in [0.25, 0.3) is 0 Å². The molecule has 1 aliphatic rings. The summed E-state index contributed by atoms with van der Waals surface area (Å²) in [5.41, 5.74) is 5.73. The average Bonchev–Trinajstić information content (AvgIpc) is 2.46. The number of hydrazine groups is 1. The maximum absolute atomic E-state index is 5.74. The molecule has 2 rings (SSSR count). The summed E-state index contributed by atoms with van der Waals surface area (Å²) in [7, 11) is 0. The largest absolute Gasteiger partial charge is 0.271 e. The third-order valence-electron chi connectivity index (χ3n) is 4.29. The van der Waals surface area contributed by atoms with Crippen molar-refractivity contribution in [1.29, 1.82) is 0 Å². The number of hydrogen-bond donors (Lipinski definition) is 2. The molecule has 1 unspecified atom stereocenters. The summed E-state index contributed by atoms with van der Waals surface area (Å²) in [6, 6.07) is 9.22. The molecule has 1 aromatic carbocycles. The first-order valence-electron chi connectivity index (χ1n) is 7.38. The molecule has 0 spiro atoms. The lowest BCUT2D eigenvalue weighted by atomic mass is 9.83. The van der Waals surface area contributed by atoms with Gasteiger partial charge in [-0.05, 0) is 29.9 Å². The van der Waals surface area contributed by atoms with E-state index in [-0.39, 0.29) is 0 Å². The van der Waals surface area contributed by atoms with Crippen LogP contribution in [0.2, 0.25) is 0 Å². The summed E-state index contributed by atoms with van der Waals surface area (Å²) in [4.78, 5) is 0. The van der Waals surface area contributed by atoms with E-state index in [0.717, 1.165) is 12.3 Å². The van der Waals surface area contributed by atoms with Crippen molar-refractivity contribution < 1.29 is 0 Å². The number of aryl methyl sites for hydroxylation is 1. The summed E-state index contributed by atoms with van der Waals surface area (Å²) >= 11 is 0. The fourth-order valence-electron chi connectivity index (χ4n) is 3.04. The van der Waals surface area contributed by atoms with Crippen LogP contribution in [0, 0.1) is 5.92 Å². The topological polar surface area (TPSA) is 38.0 Å². The van der Waals surface area contributed by atoms with Gasteiger partial charge in [-0.15, -0.1) is 0 Å². The van der Waals surface area contributed by atoms with Gasteiger partial charge in [-0.1, -0.05) is 63.3 Å². The third-order valence-corrected chi connectivity index (χ3v) is 4.29. The Labute approximate surface area is 111 Å². The number of nitrogens with two attached hydrogens (primary N) is 1. The quantitative estimate of drug-likeness (QED) is 0.614. The average molecular weight is 246 g/mol. The highest BCUT2D eigenvalue weighted by atomic mass is 15.2. The van der Waals surface area contributed by atoms with Crippen LogP contribution in [0.3, 0.4) is 0 Å². The zero-order valence-corrected chi connectivity index (χ0v) is 11.5. The minimum absolute atomic E-state index is 0.319. The molecule has 0 aliphatic heterocycles. The first-order valence-corrected chi connectivity index (χ1v) is 7.38. The van der Waals surface area contributed by atoms with Crippen LogP contribution in [0.5, 0.6) is 0 Å². The Hall–Kier alpha value is -0.860. The van der Waals surface area contributed by atoms with Gasteiger partial charge in [-0.3, -0.25) is 11.3 Å². The normalized spacial score (nSPS) is 18.8. The predicted molar refractivity (Wildman–Crippen MR) is 77.1 cm³/mol. The van der Waals surface area contributed by atoms with E-state index in [1.54, 1.807) is 0 Å². The molecule has 100 valence electrons. The van der Waals surface area contributed by atoms with Crippen molar-refractivity contribution in [3.63, 3.8) is 0 Å². The van der Waals surface area contributed by atoms with Gasteiger partial charge in [0.15, 0.2) is 0 Å². The van der Waals surface area contributed by atoms with Gasteiger partial charge in [0, 0.05) is 6.04 Å². The standard InChI is InChI=1S/C16H26N2/c1-2-13-8-10-15(11-9-13)16(18-17)12-14-6-4-3-5-7-14/h8-11,14,16,18H,2-7,12,17H2,1H3. The van der Waals surface area contributed by atoms with Gasteiger partial charge in [0.2, 0.25) is 0 Å². The van der Waals surface area contributed by atoms with E-state index in [2.05, 4.69) is 36.6 Å². The van der Waals surface area contributed by atoms with Crippen LogP contribution in [0.25, 0.3) is 0 Å². The molecule has 0 bridgehead atoms. The van der Waals surface area contributed by atoms with Gasteiger partial charge in [0.1, 0.15) is 0 Å². The molecule has 1 saturated carbocycles. The third kappa shape index (κ3) is 3.56. The zero-order chi connectivity index (χ0) is 12.8. The van der Waals surface area contributed by atoms with Crippen LogP contribution in [0.4, 0.5) is 0 Å². The van der Waals surface area contributed by atoms with Gasteiger partial charge < -0.3 is 0 Å². The molecule has 1 aliphatic carbocycles.